The maximum absolute atomic E-state index is 6.22. The molecule has 2 N–H and O–H groups in total. The summed E-state index contributed by atoms with van der Waals surface area (Å²) in [6.07, 6.45) is 0. The molecule has 78 valence electrons. The van der Waals surface area contributed by atoms with Crippen LogP contribution in [0.3, 0.4) is 0 Å². The summed E-state index contributed by atoms with van der Waals surface area (Å²) in [4.78, 5) is 0. The lowest BCUT2D eigenvalue weighted by atomic mass is 9.96. The van der Waals surface area contributed by atoms with Gasteiger partial charge in [-0.05, 0) is 47.4 Å². The van der Waals surface area contributed by atoms with E-state index in [9.17, 15) is 0 Å². The molecule has 2 heteroatoms. The van der Waals surface area contributed by atoms with Crippen LogP contribution in [0.15, 0.2) is 35.0 Å². The van der Waals surface area contributed by atoms with Gasteiger partial charge in [0.2, 0.25) is 0 Å². The minimum absolute atomic E-state index is 0.0110. The fourth-order valence-electron chi connectivity index (χ4n) is 1.81. The summed E-state index contributed by atoms with van der Waals surface area (Å²) in [5, 5.41) is 4.18. The fraction of sp³-hybridized carbons (Fsp3) is 0.231. The Morgan fingerprint density at radius 1 is 1.20 bits per heavy atom. The van der Waals surface area contributed by atoms with Crippen molar-refractivity contribution >= 4 is 11.3 Å². The van der Waals surface area contributed by atoms with Gasteiger partial charge in [-0.15, -0.1) is 0 Å². The molecule has 0 spiro atoms. The Labute approximate surface area is 94.6 Å². The SMILES string of the molecule is Cc1ccc([C@H](N)c2ccsc2)c(C)c1. The first kappa shape index (κ1) is 10.4. The molecule has 15 heavy (non-hydrogen) atoms. The van der Waals surface area contributed by atoms with E-state index in [1.165, 1.54) is 22.3 Å². The van der Waals surface area contributed by atoms with Crippen molar-refractivity contribution in [1.82, 2.24) is 0 Å². The van der Waals surface area contributed by atoms with Crippen molar-refractivity contribution in [3.05, 3.63) is 57.3 Å². The highest BCUT2D eigenvalue weighted by molar-refractivity contribution is 7.08. The predicted octanol–water partition coefficient (Wildman–Crippen LogP) is 3.41. The van der Waals surface area contributed by atoms with Crippen molar-refractivity contribution in [2.24, 2.45) is 5.73 Å². The normalized spacial score (nSPS) is 12.7. The molecule has 1 aromatic heterocycles. The molecule has 0 bridgehead atoms. The number of rotatable bonds is 2. The molecule has 2 rings (SSSR count). The highest BCUT2D eigenvalue weighted by atomic mass is 32.1. The summed E-state index contributed by atoms with van der Waals surface area (Å²) in [6.45, 7) is 4.22. The van der Waals surface area contributed by atoms with Crippen molar-refractivity contribution < 1.29 is 0 Å². The lowest BCUT2D eigenvalue weighted by molar-refractivity contribution is 0.866. The first-order valence-electron chi connectivity index (χ1n) is 5.03. The molecule has 0 aliphatic rings. The van der Waals surface area contributed by atoms with Gasteiger partial charge in [0.1, 0.15) is 0 Å². The van der Waals surface area contributed by atoms with E-state index < -0.39 is 0 Å². The Kier molecular flexibility index (Phi) is 2.89. The van der Waals surface area contributed by atoms with Crippen molar-refractivity contribution in [2.45, 2.75) is 19.9 Å². The van der Waals surface area contributed by atoms with Gasteiger partial charge in [0.15, 0.2) is 0 Å². The lowest BCUT2D eigenvalue weighted by Crippen LogP contribution is -2.12. The maximum atomic E-state index is 6.22. The molecule has 1 atom stereocenters. The van der Waals surface area contributed by atoms with Crippen LogP contribution in [0.5, 0.6) is 0 Å². The van der Waals surface area contributed by atoms with Crippen LogP contribution in [0, 0.1) is 13.8 Å². The molecule has 0 radical (unpaired) electrons. The van der Waals surface area contributed by atoms with Crippen LogP contribution in [0.2, 0.25) is 0 Å². The summed E-state index contributed by atoms with van der Waals surface area (Å²) >= 11 is 1.69. The molecule has 0 fully saturated rings. The van der Waals surface area contributed by atoms with Crippen molar-refractivity contribution in [3.63, 3.8) is 0 Å². The number of benzene rings is 1. The summed E-state index contributed by atoms with van der Waals surface area (Å²) in [7, 11) is 0. The number of hydrogen-bond donors (Lipinski definition) is 1. The zero-order valence-electron chi connectivity index (χ0n) is 9.03. The lowest BCUT2D eigenvalue weighted by Gasteiger charge is -2.14. The molecule has 2 aromatic rings. The van der Waals surface area contributed by atoms with Crippen LogP contribution in [-0.4, -0.2) is 0 Å². The maximum Gasteiger partial charge on any atom is 0.0562 e. The van der Waals surface area contributed by atoms with Crippen LogP contribution in [-0.2, 0) is 0 Å². The number of aryl methyl sites for hydroxylation is 2. The van der Waals surface area contributed by atoms with Gasteiger partial charge in [0.25, 0.3) is 0 Å². The van der Waals surface area contributed by atoms with Crippen LogP contribution in [0.4, 0.5) is 0 Å². The molecule has 0 amide bonds. The monoisotopic (exact) mass is 217 g/mol. The highest BCUT2D eigenvalue weighted by Gasteiger charge is 2.11. The Morgan fingerprint density at radius 3 is 2.60 bits per heavy atom. The van der Waals surface area contributed by atoms with E-state index in [4.69, 9.17) is 5.73 Å². The first-order chi connectivity index (χ1) is 7.18. The summed E-state index contributed by atoms with van der Waals surface area (Å²) < 4.78 is 0. The van der Waals surface area contributed by atoms with E-state index in [1.807, 2.05) is 0 Å². The second kappa shape index (κ2) is 4.17. The van der Waals surface area contributed by atoms with Crippen molar-refractivity contribution in [2.75, 3.05) is 0 Å². The van der Waals surface area contributed by atoms with Gasteiger partial charge in [-0.3, -0.25) is 0 Å². The molecule has 0 aliphatic carbocycles. The van der Waals surface area contributed by atoms with Gasteiger partial charge in [-0.1, -0.05) is 23.8 Å². The van der Waals surface area contributed by atoms with Gasteiger partial charge >= 0.3 is 0 Å². The van der Waals surface area contributed by atoms with Gasteiger partial charge in [-0.25, -0.2) is 0 Å². The highest BCUT2D eigenvalue weighted by Crippen LogP contribution is 2.24. The second-order valence-electron chi connectivity index (χ2n) is 3.89. The third-order valence-corrected chi connectivity index (χ3v) is 3.36. The Balaban J connectivity index is 2.38. The summed E-state index contributed by atoms with van der Waals surface area (Å²) in [5.74, 6) is 0. The van der Waals surface area contributed by atoms with Crippen LogP contribution < -0.4 is 5.73 Å². The van der Waals surface area contributed by atoms with Gasteiger partial charge in [-0.2, -0.15) is 11.3 Å². The van der Waals surface area contributed by atoms with Gasteiger partial charge in [0, 0.05) is 0 Å². The summed E-state index contributed by atoms with van der Waals surface area (Å²) in [6, 6.07) is 8.54. The molecule has 1 aromatic carbocycles. The van der Waals surface area contributed by atoms with E-state index in [1.54, 1.807) is 11.3 Å². The largest absolute Gasteiger partial charge is 0.320 e. The first-order valence-corrected chi connectivity index (χ1v) is 5.97. The quantitative estimate of drug-likeness (QED) is 0.819. The number of nitrogens with two attached hydrogens (primary N) is 1. The standard InChI is InChI=1S/C13H15NS/c1-9-3-4-12(10(2)7-9)13(14)11-5-6-15-8-11/h3-8,13H,14H2,1-2H3/t13-/m1/s1. The Hall–Kier alpha value is -1.12. The topological polar surface area (TPSA) is 26.0 Å². The predicted molar refractivity (Wildman–Crippen MR) is 66.3 cm³/mol. The Bertz CT molecular complexity index is 446. The van der Waals surface area contributed by atoms with E-state index >= 15 is 0 Å². The molecule has 0 saturated carbocycles. The third-order valence-electron chi connectivity index (χ3n) is 2.66. The molecule has 1 heterocycles. The van der Waals surface area contributed by atoms with E-state index in [-0.39, 0.29) is 6.04 Å². The van der Waals surface area contributed by atoms with E-state index in [0.29, 0.717) is 0 Å². The second-order valence-corrected chi connectivity index (χ2v) is 4.67. The van der Waals surface area contributed by atoms with Gasteiger partial charge < -0.3 is 5.73 Å². The molecule has 0 unspecified atom stereocenters. The van der Waals surface area contributed by atoms with Crippen LogP contribution in [0.25, 0.3) is 0 Å². The summed E-state index contributed by atoms with van der Waals surface area (Å²) in [5.41, 5.74) is 11.2. The minimum Gasteiger partial charge on any atom is -0.320 e. The molecule has 0 aliphatic heterocycles. The van der Waals surface area contributed by atoms with Gasteiger partial charge in [0.05, 0.1) is 6.04 Å². The zero-order chi connectivity index (χ0) is 10.8. The molecular formula is C13H15NS. The minimum atomic E-state index is 0.0110. The zero-order valence-corrected chi connectivity index (χ0v) is 9.84. The Morgan fingerprint density at radius 2 is 2.00 bits per heavy atom. The smallest absolute Gasteiger partial charge is 0.0562 e. The van der Waals surface area contributed by atoms with E-state index in [0.717, 1.165) is 0 Å². The number of hydrogen-bond acceptors (Lipinski definition) is 2. The average Bonchev–Trinajstić information content (AvgIpc) is 2.69. The van der Waals surface area contributed by atoms with Crippen molar-refractivity contribution in [3.8, 4) is 0 Å². The molecule has 0 saturated heterocycles. The average molecular weight is 217 g/mol. The molecular weight excluding hydrogens is 202 g/mol. The van der Waals surface area contributed by atoms with Crippen molar-refractivity contribution in [1.29, 1.82) is 0 Å². The van der Waals surface area contributed by atoms with Crippen LogP contribution >= 0.6 is 11.3 Å². The number of thiophene rings is 1. The van der Waals surface area contributed by atoms with Crippen LogP contribution in [0.1, 0.15) is 28.3 Å². The van der Waals surface area contributed by atoms with E-state index in [2.05, 4.69) is 48.9 Å². The molecule has 1 nitrogen and oxygen atoms in total. The third kappa shape index (κ3) is 2.11. The fourth-order valence-corrected chi connectivity index (χ4v) is 2.50.